The van der Waals surface area contributed by atoms with Gasteiger partial charge in [-0.25, -0.2) is 5.43 Å². The lowest BCUT2D eigenvalue weighted by atomic mass is 9.93. The molecule has 170 valence electrons. The van der Waals surface area contributed by atoms with E-state index in [1.807, 2.05) is 39.0 Å². The highest BCUT2D eigenvalue weighted by molar-refractivity contribution is 6.36. The predicted octanol–water partition coefficient (Wildman–Crippen LogP) is 6.23. The van der Waals surface area contributed by atoms with Gasteiger partial charge in [-0.15, -0.1) is 0 Å². The fraction of sp³-hybridized carbons (Fsp3) is 0.240. The van der Waals surface area contributed by atoms with Crippen molar-refractivity contribution in [2.45, 2.75) is 40.0 Å². The van der Waals surface area contributed by atoms with Crippen molar-refractivity contribution in [1.82, 2.24) is 5.43 Å². The van der Waals surface area contributed by atoms with Crippen molar-refractivity contribution in [2.75, 3.05) is 5.32 Å². The maximum atomic E-state index is 13.0. The first-order chi connectivity index (χ1) is 15.7. The Morgan fingerprint density at radius 3 is 2.55 bits per heavy atom. The third-order valence-corrected chi connectivity index (χ3v) is 6.19. The number of carbonyl (C=O) groups is 2. The van der Waals surface area contributed by atoms with Gasteiger partial charge in [0.1, 0.15) is 5.76 Å². The van der Waals surface area contributed by atoms with Crippen molar-refractivity contribution in [3.8, 4) is 0 Å². The number of hydrazone groups is 1. The number of rotatable bonds is 4. The molecule has 1 heterocycles. The molecular formula is C25H23Cl2N3O3. The standard InChI is InChI=1S/C25H23Cl2N3O3/c1-13-7-8-14(2)20(11-13)28-25(32)23-15(3)22-19(5-4-6-21(22)33-23)29-30-24(31)17-10-9-16(26)12-18(17)27/h7-12H,4-6H2,1-3H3,(H,28,32)(H,30,31)/b29-19+. The third-order valence-electron chi connectivity index (χ3n) is 5.64. The predicted molar refractivity (Wildman–Crippen MR) is 131 cm³/mol. The molecule has 0 spiro atoms. The number of anilines is 1. The van der Waals surface area contributed by atoms with Gasteiger partial charge >= 0.3 is 0 Å². The summed E-state index contributed by atoms with van der Waals surface area (Å²) < 4.78 is 5.95. The zero-order valence-electron chi connectivity index (χ0n) is 18.5. The molecule has 0 unspecified atom stereocenters. The Labute approximate surface area is 202 Å². The SMILES string of the molecule is Cc1ccc(C)c(NC(=O)c2oc3c(c2C)/C(=N/NC(=O)c2ccc(Cl)cc2Cl)CCC3)c1. The lowest BCUT2D eigenvalue weighted by Crippen LogP contribution is -2.22. The molecule has 0 saturated carbocycles. The van der Waals surface area contributed by atoms with Gasteiger partial charge in [0.25, 0.3) is 11.8 Å². The smallest absolute Gasteiger partial charge is 0.291 e. The molecule has 2 N–H and O–H groups in total. The number of aryl methyl sites for hydroxylation is 3. The van der Waals surface area contributed by atoms with E-state index < -0.39 is 5.91 Å². The van der Waals surface area contributed by atoms with Gasteiger partial charge < -0.3 is 9.73 Å². The van der Waals surface area contributed by atoms with Crippen LogP contribution in [0.3, 0.4) is 0 Å². The van der Waals surface area contributed by atoms with Crippen molar-refractivity contribution in [1.29, 1.82) is 0 Å². The molecule has 4 rings (SSSR count). The van der Waals surface area contributed by atoms with Gasteiger partial charge in [0, 0.05) is 28.3 Å². The number of amides is 2. The number of nitrogens with zero attached hydrogens (tertiary/aromatic N) is 1. The van der Waals surface area contributed by atoms with Gasteiger partial charge in [0.2, 0.25) is 0 Å². The Balaban J connectivity index is 1.59. The molecule has 1 aromatic heterocycles. The van der Waals surface area contributed by atoms with Crippen molar-refractivity contribution in [2.24, 2.45) is 5.10 Å². The Morgan fingerprint density at radius 2 is 1.79 bits per heavy atom. The number of fused-ring (bicyclic) bond motifs is 1. The number of halogens is 2. The summed E-state index contributed by atoms with van der Waals surface area (Å²) in [5, 5.41) is 7.98. The van der Waals surface area contributed by atoms with Gasteiger partial charge in [-0.3, -0.25) is 9.59 Å². The fourth-order valence-electron chi connectivity index (χ4n) is 3.90. The second kappa shape index (κ2) is 9.41. The van der Waals surface area contributed by atoms with Crippen molar-refractivity contribution >= 4 is 46.4 Å². The highest BCUT2D eigenvalue weighted by Gasteiger charge is 2.28. The minimum atomic E-state index is -0.440. The summed E-state index contributed by atoms with van der Waals surface area (Å²) in [6, 6.07) is 10.5. The number of nitrogens with one attached hydrogen (secondary N) is 2. The third kappa shape index (κ3) is 4.82. The number of hydrogen-bond donors (Lipinski definition) is 2. The Hall–Kier alpha value is -3.09. The first-order valence-corrected chi connectivity index (χ1v) is 11.3. The van der Waals surface area contributed by atoms with Gasteiger partial charge in [-0.1, -0.05) is 35.3 Å². The fourth-order valence-corrected chi connectivity index (χ4v) is 4.39. The van der Waals surface area contributed by atoms with Crippen molar-refractivity contribution < 1.29 is 14.0 Å². The molecule has 0 radical (unpaired) electrons. The van der Waals surface area contributed by atoms with Gasteiger partial charge in [-0.05, 0) is 69.0 Å². The second-order valence-corrected chi connectivity index (χ2v) is 8.95. The highest BCUT2D eigenvalue weighted by atomic mass is 35.5. The molecule has 0 atom stereocenters. The van der Waals surface area contributed by atoms with Gasteiger partial charge in [0.05, 0.1) is 16.3 Å². The van der Waals surface area contributed by atoms with E-state index in [2.05, 4.69) is 15.8 Å². The minimum absolute atomic E-state index is 0.245. The quantitative estimate of drug-likeness (QED) is 0.431. The largest absolute Gasteiger partial charge is 0.455 e. The molecule has 33 heavy (non-hydrogen) atoms. The first-order valence-electron chi connectivity index (χ1n) is 10.6. The molecular weight excluding hydrogens is 461 g/mol. The van der Waals surface area contributed by atoms with E-state index in [9.17, 15) is 9.59 Å². The topological polar surface area (TPSA) is 83.7 Å². The number of hydrogen-bond acceptors (Lipinski definition) is 4. The summed E-state index contributed by atoms with van der Waals surface area (Å²) >= 11 is 12.0. The molecule has 1 aliphatic carbocycles. The van der Waals surface area contributed by atoms with Crippen LogP contribution in [-0.2, 0) is 6.42 Å². The van der Waals surface area contributed by atoms with Crippen LogP contribution in [0.4, 0.5) is 5.69 Å². The van der Waals surface area contributed by atoms with Crippen LogP contribution in [0, 0.1) is 20.8 Å². The van der Waals surface area contributed by atoms with E-state index in [0.29, 0.717) is 34.9 Å². The van der Waals surface area contributed by atoms with Crippen LogP contribution in [0.1, 0.15) is 61.8 Å². The van der Waals surface area contributed by atoms with Crippen LogP contribution in [0.15, 0.2) is 45.9 Å². The van der Waals surface area contributed by atoms with Crippen LogP contribution in [-0.4, -0.2) is 17.5 Å². The normalized spacial score (nSPS) is 14.2. The first kappa shape index (κ1) is 23.1. The second-order valence-electron chi connectivity index (χ2n) is 8.10. The van der Waals surface area contributed by atoms with E-state index in [1.54, 1.807) is 12.1 Å². The van der Waals surface area contributed by atoms with Crippen LogP contribution in [0.25, 0.3) is 0 Å². The molecule has 2 aromatic carbocycles. The summed E-state index contributed by atoms with van der Waals surface area (Å²) in [6.45, 7) is 5.74. The highest BCUT2D eigenvalue weighted by Crippen LogP contribution is 2.31. The van der Waals surface area contributed by atoms with E-state index in [0.717, 1.165) is 28.8 Å². The summed E-state index contributed by atoms with van der Waals surface area (Å²) in [5.41, 5.74) is 7.75. The summed E-state index contributed by atoms with van der Waals surface area (Å²) in [7, 11) is 0. The van der Waals surface area contributed by atoms with Crippen LogP contribution in [0.5, 0.6) is 0 Å². The summed E-state index contributed by atoms with van der Waals surface area (Å²) in [5.74, 6) is 0.197. The van der Waals surface area contributed by atoms with E-state index in [1.165, 1.54) is 6.07 Å². The lowest BCUT2D eigenvalue weighted by Gasteiger charge is -2.13. The number of benzene rings is 2. The number of furan rings is 1. The zero-order valence-corrected chi connectivity index (χ0v) is 20.0. The Kier molecular flexibility index (Phi) is 6.58. The molecule has 3 aromatic rings. The maximum absolute atomic E-state index is 13.0. The van der Waals surface area contributed by atoms with Crippen LogP contribution < -0.4 is 10.7 Å². The maximum Gasteiger partial charge on any atom is 0.291 e. The molecule has 0 aliphatic heterocycles. The van der Waals surface area contributed by atoms with Gasteiger partial charge in [0.15, 0.2) is 5.76 Å². The molecule has 8 heteroatoms. The average Bonchev–Trinajstić information content (AvgIpc) is 3.12. The van der Waals surface area contributed by atoms with Crippen LogP contribution >= 0.6 is 23.2 Å². The summed E-state index contributed by atoms with van der Waals surface area (Å²) in [4.78, 5) is 25.6. The molecule has 2 amide bonds. The van der Waals surface area contributed by atoms with Gasteiger partial charge in [-0.2, -0.15) is 5.10 Å². The molecule has 0 bridgehead atoms. The summed E-state index contributed by atoms with van der Waals surface area (Å²) in [6.07, 6.45) is 2.15. The van der Waals surface area contributed by atoms with E-state index in [-0.39, 0.29) is 22.3 Å². The van der Waals surface area contributed by atoms with Crippen molar-refractivity contribution in [3.05, 3.63) is 85.8 Å². The van der Waals surface area contributed by atoms with E-state index in [4.69, 9.17) is 27.6 Å². The van der Waals surface area contributed by atoms with E-state index >= 15 is 0 Å². The lowest BCUT2D eigenvalue weighted by molar-refractivity contribution is 0.0953. The molecule has 6 nitrogen and oxygen atoms in total. The average molecular weight is 484 g/mol. The zero-order chi connectivity index (χ0) is 23.7. The molecule has 1 aliphatic rings. The monoisotopic (exact) mass is 483 g/mol. The van der Waals surface area contributed by atoms with Crippen molar-refractivity contribution in [3.63, 3.8) is 0 Å². The Bertz CT molecular complexity index is 1290. The molecule has 0 fully saturated rings. The minimum Gasteiger partial charge on any atom is -0.455 e. The number of carbonyl (C=O) groups excluding carboxylic acids is 2. The Morgan fingerprint density at radius 1 is 1.00 bits per heavy atom. The molecule has 0 saturated heterocycles. The van der Waals surface area contributed by atoms with Crippen LogP contribution in [0.2, 0.25) is 10.0 Å².